The number of rotatable bonds is 7. The van der Waals surface area contributed by atoms with Gasteiger partial charge in [0.05, 0.1) is 16.3 Å². The van der Waals surface area contributed by atoms with Gasteiger partial charge in [0, 0.05) is 24.3 Å². The quantitative estimate of drug-likeness (QED) is 0.358. The van der Waals surface area contributed by atoms with Gasteiger partial charge in [0.15, 0.2) is 0 Å². The summed E-state index contributed by atoms with van der Waals surface area (Å²) in [5.74, 6) is 1.47. The normalized spacial score (nSPS) is 18.1. The fourth-order valence-corrected chi connectivity index (χ4v) is 5.25. The minimum absolute atomic E-state index is 0.136. The Bertz CT molecular complexity index is 1270. The number of hydrogen-bond acceptors (Lipinski definition) is 5. The molecular formula is C27H29N3O3S. The van der Waals surface area contributed by atoms with E-state index >= 15 is 0 Å². The number of ether oxygens (including phenoxy) is 2. The van der Waals surface area contributed by atoms with E-state index in [0.717, 1.165) is 58.6 Å². The first-order valence-corrected chi connectivity index (χ1v) is 12.5. The number of hydrogen-bond donors (Lipinski definition) is 2. The molecule has 5 rings (SSSR count). The number of nitrogens with one attached hydrogen (secondary N) is 1. The lowest BCUT2D eigenvalue weighted by atomic mass is 9.94. The van der Waals surface area contributed by atoms with Gasteiger partial charge >= 0.3 is 0 Å². The van der Waals surface area contributed by atoms with E-state index in [2.05, 4.69) is 5.32 Å². The molecule has 4 aromatic rings. The zero-order valence-electron chi connectivity index (χ0n) is 19.2. The first-order valence-electron chi connectivity index (χ1n) is 11.6. The largest absolute Gasteiger partial charge is 0.490 e. The fourth-order valence-electron chi connectivity index (χ4n) is 4.40. The number of para-hydroxylation sites is 1. The van der Waals surface area contributed by atoms with E-state index in [0.29, 0.717) is 18.3 Å². The predicted octanol–water partition coefficient (Wildman–Crippen LogP) is 5.72. The molecule has 7 heteroatoms. The average Bonchev–Trinajstić information content (AvgIpc) is 3.44. The third-order valence-corrected chi connectivity index (χ3v) is 7.25. The second-order valence-corrected chi connectivity index (χ2v) is 9.73. The summed E-state index contributed by atoms with van der Waals surface area (Å²) < 4.78 is 15.1. The summed E-state index contributed by atoms with van der Waals surface area (Å²) >= 11 is 1.63. The van der Waals surface area contributed by atoms with E-state index in [1.54, 1.807) is 11.3 Å². The third-order valence-electron chi connectivity index (χ3n) is 6.40. The number of carbonyl (C=O) groups is 1. The van der Waals surface area contributed by atoms with Crippen LogP contribution >= 0.6 is 11.3 Å². The van der Waals surface area contributed by atoms with Crippen molar-refractivity contribution in [2.75, 3.05) is 5.32 Å². The molecule has 2 heterocycles. The third kappa shape index (κ3) is 4.95. The molecule has 2 aromatic carbocycles. The van der Waals surface area contributed by atoms with Gasteiger partial charge in [-0.3, -0.25) is 4.79 Å². The Morgan fingerprint density at radius 3 is 2.56 bits per heavy atom. The molecule has 0 saturated heterocycles. The molecular weight excluding hydrogens is 446 g/mol. The van der Waals surface area contributed by atoms with Crippen LogP contribution in [0.1, 0.15) is 41.7 Å². The first-order chi connectivity index (χ1) is 16.6. The predicted molar refractivity (Wildman–Crippen MR) is 137 cm³/mol. The number of carbonyl (C=O) groups excluding carboxylic acids is 1. The number of benzene rings is 2. The summed E-state index contributed by atoms with van der Waals surface area (Å²) in [6.07, 6.45) is 4.28. The van der Waals surface area contributed by atoms with Crippen LogP contribution in [-0.4, -0.2) is 22.6 Å². The summed E-state index contributed by atoms with van der Waals surface area (Å²) in [6, 6.07) is 19.7. The van der Waals surface area contributed by atoms with Crippen LogP contribution < -0.4 is 20.5 Å². The monoisotopic (exact) mass is 475 g/mol. The van der Waals surface area contributed by atoms with Gasteiger partial charge in [-0.25, -0.2) is 0 Å². The van der Waals surface area contributed by atoms with Crippen molar-refractivity contribution in [2.24, 2.45) is 12.8 Å². The number of thiophene rings is 1. The highest BCUT2D eigenvalue weighted by atomic mass is 32.1. The van der Waals surface area contributed by atoms with Gasteiger partial charge in [0.1, 0.15) is 23.8 Å². The number of aromatic nitrogens is 1. The first kappa shape index (κ1) is 22.5. The standard InChI is InChI=1S/C27H29N3O3S/c1-30-24-14-15-34-26(24)16-25(30)27(31)29-23-5-3-2-4-18(23)17-32-20-10-12-22(13-11-20)33-21-8-6-19(28)7-9-21/h2-5,10-16,19,21H,6-9,17,28H2,1H3,(H,29,31)/t19-,21-. The topological polar surface area (TPSA) is 78.5 Å². The van der Waals surface area contributed by atoms with Crippen molar-refractivity contribution >= 4 is 33.1 Å². The summed E-state index contributed by atoms with van der Waals surface area (Å²) in [5, 5.41) is 5.08. The average molecular weight is 476 g/mol. The van der Waals surface area contributed by atoms with Crippen LogP contribution in [0.15, 0.2) is 66.0 Å². The summed E-state index contributed by atoms with van der Waals surface area (Å²) in [6.45, 7) is 0.347. The molecule has 0 unspecified atom stereocenters. The second-order valence-electron chi connectivity index (χ2n) is 8.78. The highest BCUT2D eigenvalue weighted by Gasteiger charge is 2.20. The summed E-state index contributed by atoms with van der Waals surface area (Å²) in [4.78, 5) is 13.0. The molecule has 0 bridgehead atoms. The number of nitrogens with two attached hydrogens (primary N) is 1. The molecule has 6 nitrogen and oxygen atoms in total. The van der Waals surface area contributed by atoms with Gasteiger partial charge < -0.3 is 25.1 Å². The van der Waals surface area contributed by atoms with E-state index in [-0.39, 0.29) is 12.0 Å². The smallest absolute Gasteiger partial charge is 0.272 e. The molecule has 1 aliphatic rings. The number of amides is 1. The highest BCUT2D eigenvalue weighted by Crippen LogP contribution is 2.27. The van der Waals surface area contributed by atoms with E-state index < -0.39 is 0 Å². The van der Waals surface area contributed by atoms with Crippen molar-refractivity contribution in [3.8, 4) is 11.5 Å². The Balaban J connectivity index is 1.20. The zero-order valence-corrected chi connectivity index (χ0v) is 20.0. The molecule has 1 saturated carbocycles. The van der Waals surface area contributed by atoms with E-state index in [4.69, 9.17) is 15.2 Å². The molecule has 0 spiro atoms. The molecule has 176 valence electrons. The molecule has 2 aromatic heterocycles. The van der Waals surface area contributed by atoms with Crippen molar-refractivity contribution in [1.29, 1.82) is 0 Å². The lowest BCUT2D eigenvalue weighted by molar-refractivity contribution is 0.101. The van der Waals surface area contributed by atoms with Gasteiger partial charge in [0.2, 0.25) is 0 Å². The van der Waals surface area contributed by atoms with Crippen LogP contribution in [0, 0.1) is 0 Å². The molecule has 0 radical (unpaired) electrons. The Kier molecular flexibility index (Phi) is 6.56. The van der Waals surface area contributed by atoms with Crippen LogP contribution in [0.25, 0.3) is 10.2 Å². The minimum atomic E-state index is -0.136. The van der Waals surface area contributed by atoms with Crippen molar-refractivity contribution in [2.45, 2.75) is 44.4 Å². The zero-order chi connectivity index (χ0) is 23.5. The number of fused-ring (bicyclic) bond motifs is 1. The van der Waals surface area contributed by atoms with Crippen molar-refractivity contribution in [3.63, 3.8) is 0 Å². The maximum absolute atomic E-state index is 13.0. The summed E-state index contributed by atoms with van der Waals surface area (Å²) in [7, 11) is 1.91. The summed E-state index contributed by atoms with van der Waals surface area (Å²) in [5.41, 5.74) is 9.33. The van der Waals surface area contributed by atoms with Crippen molar-refractivity contribution < 1.29 is 14.3 Å². The van der Waals surface area contributed by atoms with Crippen LogP contribution in [0.3, 0.4) is 0 Å². The van der Waals surface area contributed by atoms with E-state index in [9.17, 15) is 4.79 Å². The van der Waals surface area contributed by atoms with Gasteiger partial charge in [-0.15, -0.1) is 11.3 Å². The van der Waals surface area contributed by atoms with Crippen LogP contribution in [-0.2, 0) is 13.7 Å². The maximum atomic E-state index is 13.0. The van der Waals surface area contributed by atoms with Crippen LogP contribution in [0.2, 0.25) is 0 Å². The molecule has 3 N–H and O–H groups in total. The van der Waals surface area contributed by atoms with E-state index in [1.807, 2.05) is 77.7 Å². The number of aryl methyl sites for hydroxylation is 1. The molecule has 1 fully saturated rings. The Morgan fingerprint density at radius 2 is 1.79 bits per heavy atom. The Morgan fingerprint density at radius 1 is 1.06 bits per heavy atom. The fraction of sp³-hybridized carbons (Fsp3) is 0.296. The van der Waals surface area contributed by atoms with Crippen molar-refractivity contribution in [3.05, 3.63) is 77.3 Å². The maximum Gasteiger partial charge on any atom is 0.272 e. The molecule has 0 aliphatic heterocycles. The number of anilines is 1. The SMILES string of the molecule is Cn1c(C(=O)Nc2ccccc2COc2ccc(O[C@H]3CC[C@H](N)CC3)cc2)cc2sccc21. The molecule has 1 amide bonds. The lowest BCUT2D eigenvalue weighted by Crippen LogP contribution is -2.31. The van der Waals surface area contributed by atoms with Gasteiger partial charge in [0.25, 0.3) is 5.91 Å². The highest BCUT2D eigenvalue weighted by molar-refractivity contribution is 7.17. The molecule has 0 atom stereocenters. The van der Waals surface area contributed by atoms with Crippen LogP contribution in [0.5, 0.6) is 11.5 Å². The number of nitrogens with zero attached hydrogens (tertiary/aromatic N) is 1. The van der Waals surface area contributed by atoms with Crippen molar-refractivity contribution in [1.82, 2.24) is 4.57 Å². The lowest BCUT2D eigenvalue weighted by Gasteiger charge is -2.26. The Labute approximate surface area is 203 Å². The van der Waals surface area contributed by atoms with Gasteiger partial charge in [-0.05, 0) is 73.5 Å². The second kappa shape index (κ2) is 9.91. The van der Waals surface area contributed by atoms with E-state index in [1.165, 1.54) is 0 Å². The van der Waals surface area contributed by atoms with Gasteiger partial charge in [-0.1, -0.05) is 18.2 Å². The molecule has 34 heavy (non-hydrogen) atoms. The van der Waals surface area contributed by atoms with Crippen LogP contribution in [0.4, 0.5) is 5.69 Å². The Hall–Kier alpha value is -3.29. The van der Waals surface area contributed by atoms with Gasteiger partial charge in [-0.2, -0.15) is 0 Å². The molecule has 1 aliphatic carbocycles. The minimum Gasteiger partial charge on any atom is -0.490 e.